The number of rotatable bonds is 13. The van der Waals surface area contributed by atoms with Crippen molar-refractivity contribution >= 4 is 0 Å². The molecule has 256 valence electrons. The van der Waals surface area contributed by atoms with E-state index in [1.54, 1.807) is 7.11 Å². The number of aliphatic hydroxyl groups is 1. The van der Waals surface area contributed by atoms with E-state index in [1.807, 2.05) is 24.3 Å². The second kappa shape index (κ2) is 15.3. The third kappa shape index (κ3) is 7.55. The molecule has 1 atom stereocenters. The van der Waals surface area contributed by atoms with Crippen molar-refractivity contribution in [3.63, 3.8) is 0 Å². The molecule has 0 aliphatic rings. The van der Waals surface area contributed by atoms with E-state index < -0.39 is 5.41 Å². The first-order valence-electron chi connectivity index (χ1n) is 17.6. The van der Waals surface area contributed by atoms with Gasteiger partial charge in [-0.25, -0.2) is 0 Å². The van der Waals surface area contributed by atoms with Gasteiger partial charge in [0.05, 0.1) is 25.2 Å². The van der Waals surface area contributed by atoms with E-state index in [1.165, 1.54) is 16.7 Å². The molecule has 4 heteroatoms. The van der Waals surface area contributed by atoms with Crippen LogP contribution in [0.1, 0.15) is 118 Å². The number of methoxy groups -OCH3 is 1. The third-order valence-corrected chi connectivity index (χ3v) is 9.38. The van der Waals surface area contributed by atoms with Crippen molar-refractivity contribution in [2.45, 2.75) is 91.3 Å². The largest absolute Gasteiger partial charge is 0.497 e. The molecule has 4 nitrogen and oxygen atoms in total. The van der Waals surface area contributed by atoms with E-state index in [0.717, 1.165) is 50.8 Å². The lowest BCUT2D eigenvalue weighted by Gasteiger charge is -2.39. The van der Waals surface area contributed by atoms with Gasteiger partial charge >= 0.3 is 0 Å². The summed E-state index contributed by atoms with van der Waals surface area (Å²) in [5.41, 5.74) is 7.73. The fourth-order valence-corrected chi connectivity index (χ4v) is 6.53. The Morgan fingerprint density at radius 2 is 0.980 bits per heavy atom. The zero-order valence-corrected chi connectivity index (χ0v) is 30.6. The molecule has 5 aromatic carbocycles. The van der Waals surface area contributed by atoms with Crippen LogP contribution in [0.4, 0.5) is 0 Å². The summed E-state index contributed by atoms with van der Waals surface area (Å²) in [5.74, 6) is 4.11. The molecule has 1 unspecified atom stereocenters. The molecule has 0 aliphatic carbocycles. The first-order chi connectivity index (χ1) is 23.5. The maximum atomic E-state index is 10.1. The minimum Gasteiger partial charge on any atom is -0.497 e. The van der Waals surface area contributed by atoms with Crippen LogP contribution in [0.15, 0.2) is 109 Å². The van der Waals surface area contributed by atoms with Gasteiger partial charge in [0.15, 0.2) is 0 Å². The Labute approximate surface area is 293 Å². The Kier molecular flexibility index (Phi) is 11.2. The summed E-state index contributed by atoms with van der Waals surface area (Å²) >= 11 is 0. The first-order valence-corrected chi connectivity index (χ1v) is 17.6. The van der Waals surface area contributed by atoms with Gasteiger partial charge in [0.1, 0.15) is 23.0 Å². The van der Waals surface area contributed by atoms with Gasteiger partial charge in [-0.2, -0.15) is 0 Å². The number of benzene rings is 5. The van der Waals surface area contributed by atoms with Crippen molar-refractivity contribution in [3.05, 3.63) is 154 Å². The molecule has 5 aromatic rings. The van der Waals surface area contributed by atoms with Gasteiger partial charge in [0, 0.05) is 11.1 Å². The summed E-state index contributed by atoms with van der Waals surface area (Å²) in [7, 11) is 1.69. The topological polar surface area (TPSA) is 47.9 Å². The van der Waals surface area contributed by atoms with Crippen LogP contribution in [0.25, 0.3) is 0 Å². The average Bonchev–Trinajstić information content (AvgIpc) is 3.10. The number of hydrogen-bond donors (Lipinski definition) is 1. The lowest BCUT2D eigenvalue weighted by Crippen LogP contribution is -2.33. The fraction of sp³-hybridized carbons (Fsp3) is 0.333. The standard InChI is InChI=1S/C45H52O4/c1-29(2)34-12-20-40(21-13-34)49-44-25-15-36(31(5)6)27-42(44)45(37-16-10-33(28-46)11-17-37,38-18-22-39(47-9)23-19-38)41-26-35(30(3)4)14-24-43(41)48-32(7)8/h10-27,29-32,46H,28H2,1-9H3. The van der Waals surface area contributed by atoms with Gasteiger partial charge < -0.3 is 19.3 Å². The average molecular weight is 657 g/mol. The predicted octanol–water partition coefficient (Wildman–Crippen LogP) is 11.5. The molecule has 0 saturated heterocycles. The van der Waals surface area contributed by atoms with Crippen molar-refractivity contribution in [1.29, 1.82) is 0 Å². The van der Waals surface area contributed by atoms with Crippen molar-refractivity contribution < 1.29 is 19.3 Å². The Balaban J connectivity index is 1.96. The van der Waals surface area contributed by atoms with Gasteiger partial charge in [0.2, 0.25) is 0 Å². The molecule has 1 N–H and O–H groups in total. The molecule has 0 fully saturated rings. The van der Waals surface area contributed by atoms with Gasteiger partial charge in [-0.05, 0) is 101 Å². The molecular weight excluding hydrogens is 604 g/mol. The highest BCUT2D eigenvalue weighted by Gasteiger charge is 2.44. The SMILES string of the molecule is COc1ccc(C(c2ccc(CO)cc2)(c2cc(C(C)C)ccc2Oc2ccc(C(C)C)cc2)c2cc(C(C)C)ccc2OC(C)C)cc1. The molecule has 0 bridgehead atoms. The van der Waals surface area contributed by atoms with E-state index in [4.69, 9.17) is 14.2 Å². The minimum absolute atomic E-state index is 0.0378. The second-order valence-electron chi connectivity index (χ2n) is 14.1. The predicted molar refractivity (Wildman–Crippen MR) is 202 cm³/mol. The molecule has 0 aliphatic heterocycles. The van der Waals surface area contributed by atoms with E-state index in [0.29, 0.717) is 5.92 Å². The van der Waals surface area contributed by atoms with Crippen molar-refractivity contribution in [1.82, 2.24) is 0 Å². The molecule has 0 radical (unpaired) electrons. The van der Waals surface area contributed by atoms with Gasteiger partial charge in [-0.1, -0.05) is 114 Å². The van der Waals surface area contributed by atoms with Crippen molar-refractivity contribution in [2.24, 2.45) is 0 Å². The normalized spacial score (nSPS) is 12.9. The summed E-state index contributed by atoms with van der Waals surface area (Å²) < 4.78 is 19.3. The Hall–Kier alpha value is -4.54. The Bertz CT molecular complexity index is 1770. The summed E-state index contributed by atoms with van der Waals surface area (Å²) in [4.78, 5) is 0. The summed E-state index contributed by atoms with van der Waals surface area (Å²) in [6, 6.07) is 38.3. The van der Waals surface area contributed by atoms with Crippen LogP contribution in [0.5, 0.6) is 23.0 Å². The molecule has 49 heavy (non-hydrogen) atoms. The number of ether oxygens (including phenoxy) is 3. The quantitative estimate of drug-likeness (QED) is 0.128. The van der Waals surface area contributed by atoms with E-state index in [2.05, 4.69) is 140 Å². The van der Waals surface area contributed by atoms with Gasteiger partial charge in [-0.15, -0.1) is 0 Å². The number of hydrogen-bond acceptors (Lipinski definition) is 4. The maximum absolute atomic E-state index is 10.1. The maximum Gasteiger partial charge on any atom is 0.132 e. The lowest BCUT2D eigenvalue weighted by atomic mass is 9.63. The zero-order valence-electron chi connectivity index (χ0n) is 30.6. The first kappa shape index (κ1) is 35.8. The van der Waals surface area contributed by atoms with Gasteiger partial charge in [-0.3, -0.25) is 0 Å². The second-order valence-corrected chi connectivity index (χ2v) is 14.1. The van der Waals surface area contributed by atoms with Crippen LogP contribution in [-0.2, 0) is 12.0 Å². The monoisotopic (exact) mass is 656 g/mol. The Morgan fingerprint density at radius 1 is 0.531 bits per heavy atom. The van der Waals surface area contributed by atoms with Crippen molar-refractivity contribution in [2.75, 3.05) is 7.11 Å². The van der Waals surface area contributed by atoms with E-state index >= 15 is 0 Å². The van der Waals surface area contributed by atoms with Crippen LogP contribution < -0.4 is 14.2 Å². The highest BCUT2D eigenvalue weighted by molar-refractivity contribution is 5.68. The molecule has 5 rings (SSSR count). The molecule has 0 spiro atoms. The molecule has 0 heterocycles. The number of aliphatic hydroxyl groups excluding tert-OH is 1. The molecule has 0 aromatic heterocycles. The fourth-order valence-electron chi connectivity index (χ4n) is 6.53. The van der Waals surface area contributed by atoms with Gasteiger partial charge in [0.25, 0.3) is 0 Å². The van der Waals surface area contributed by atoms with Crippen LogP contribution in [0.2, 0.25) is 0 Å². The van der Waals surface area contributed by atoms with Crippen LogP contribution >= 0.6 is 0 Å². The summed E-state index contributed by atoms with van der Waals surface area (Å²) in [6.07, 6.45) is -0.0498. The molecule has 0 amide bonds. The van der Waals surface area contributed by atoms with Crippen molar-refractivity contribution in [3.8, 4) is 23.0 Å². The molecular formula is C45H52O4. The third-order valence-electron chi connectivity index (χ3n) is 9.38. The smallest absolute Gasteiger partial charge is 0.132 e. The van der Waals surface area contributed by atoms with Crippen LogP contribution in [-0.4, -0.2) is 18.3 Å². The lowest BCUT2D eigenvalue weighted by molar-refractivity contribution is 0.238. The van der Waals surface area contributed by atoms with E-state index in [9.17, 15) is 5.11 Å². The summed E-state index contributed by atoms with van der Waals surface area (Å²) in [5, 5.41) is 10.1. The summed E-state index contributed by atoms with van der Waals surface area (Å²) in [6.45, 7) is 17.4. The Morgan fingerprint density at radius 3 is 1.45 bits per heavy atom. The van der Waals surface area contributed by atoms with Crippen LogP contribution in [0, 0.1) is 0 Å². The highest BCUT2D eigenvalue weighted by Crippen LogP contribution is 2.53. The zero-order chi connectivity index (χ0) is 35.3. The highest BCUT2D eigenvalue weighted by atomic mass is 16.5. The van der Waals surface area contributed by atoms with E-state index in [-0.39, 0.29) is 24.5 Å². The minimum atomic E-state index is -0.895. The molecule has 0 saturated carbocycles. The van der Waals surface area contributed by atoms with Crippen LogP contribution in [0.3, 0.4) is 0 Å².